The third-order valence-corrected chi connectivity index (χ3v) is 4.49. The first kappa shape index (κ1) is 19.5. The summed E-state index contributed by atoms with van der Waals surface area (Å²) in [4.78, 5) is 25.1. The van der Waals surface area contributed by atoms with Crippen LogP contribution >= 0.6 is 11.6 Å². The molecule has 3 aromatic carbocycles. The number of anilines is 2. The molecule has 5 nitrogen and oxygen atoms in total. The predicted molar refractivity (Wildman–Crippen MR) is 112 cm³/mol. The number of benzene rings is 3. The zero-order valence-electron chi connectivity index (χ0n) is 15.5. The van der Waals surface area contributed by atoms with Gasteiger partial charge in [0.05, 0.1) is 12.1 Å². The van der Waals surface area contributed by atoms with Gasteiger partial charge in [0, 0.05) is 22.5 Å². The van der Waals surface area contributed by atoms with Gasteiger partial charge in [-0.3, -0.25) is 9.59 Å². The number of halogens is 1. The third kappa shape index (κ3) is 4.50. The normalized spacial score (nSPS) is 10.2. The molecule has 0 unspecified atom stereocenters. The number of methoxy groups -OCH3 is 1. The maximum atomic E-state index is 12.5. The van der Waals surface area contributed by atoms with E-state index in [1.54, 1.807) is 42.5 Å². The van der Waals surface area contributed by atoms with Crippen LogP contribution in [0, 0.1) is 6.92 Å². The maximum Gasteiger partial charge on any atom is 0.255 e. The average molecular weight is 395 g/mol. The highest BCUT2D eigenvalue weighted by molar-refractivity contribution is 6.32. The molecule has 3 aromatic rings. The Morgan fingerprint density at radius 2 is 1.54 bits per heavy atom. The molecule has 0 heterocycles. The summed E-state index contributed by atoms with van der Waals surface area (Å²) in [5, 5.41) is 6.02. The molecule has 0 aliphatic heterocycles. The van der Waals surface area contributed by atoms with E-state index in [1.165, 1.54) is 7.11 Å². The molecule has 142 valence electrons. The molecule has 0 saturated carbocycles. The minimum Gasteiger partial charge on any atom is -0.495 e. The van der Waals surface area contributed by atoms with E-state index >= 15 is 0 Å². The van der Waals surface area contributed by atoms with Crippen molar-refractivity contribution in [3.05, 3.63) is 88.4 Å². The van der Waals surface area contributed by atoms with Gasteiger partial charge in [-0.1, -0.05) is 35.9 Å². The maximum absolute atomic E-state index is 12.5. The van der Waals surface area contributed by atoms with Gasteiger partial charge in [-0.15, -0.1) is 0 Å². The Labute approximate surface area is 168 Å². The lowest BCUT2D eigenvalue weighted by atomic mass is 10.1. The Kier molecular flexibility index (Phi) is 5.96. The molecule has 0 radical (unpaired) electrons. The van der Waals surface area contributed by atoms with Crippen molar-refractivity contribution in [2.24, 2.45) is 0 Å². The summed E-state index contributed by atoms with van der Waals surface area (Å²) in [6.07, 6.45) is 0. The fraction of sp³-hybridized carbons (Fsp3) is 0.0909. The number of carbonyl (C=O) groups excluding carboxylic acids is 2. The second-order valence-electron chi connectivity index (χ2n) is 6.15. The van der Waals surface area contributed by atoms with Crippen molar-refractivity contribution in [2.75, 3.05) is 17.7 Å². The van der Waals surface area contributed by atoms with Gasteiger partial charge < -0.3 is 15.4 Å². The second kappa shape index (κ2) is 8.59. The number of carbonyl (C=O) groups is 2. The highest BCUT2D eigenvalue weighted by Crippen LogP contribution is 2.27. The van der Waals surface area contributed by atoms with Gasteiger partial charge in [-0.25, -0.2) is 0 Å². The van der Waals surface area contributed by atoms with Crippen LogP contribution < -0.4 is 15.4 Å². The van der Waals surface area contributed by atoms with Crippen LogP contribution in [-0.4, -0.2) is 18.9 Å². The Balaban J connectivity index is 1.75. The topological polar surface area (TPSA) is 67.4 Å². The van der Waals surface area contributed by atoms with E-state index in [1.807, 2.05) is 31.2 Å². The van der Waals surface area contributed by atoms with Crippen molar-refractivity contribution >= 4 is 34.8 Å². The van der Waals surface area contributed by atoms with Gasteiger partial charge in [-0.05, 0) is 55.0 Å². The van der Waals surface area contributed by atoms with Crippen molar-refractivity contribution in [1.82, 2.24) is 0 Å². The van der Waals surface area contributed by atoms with Crippen molar-refractivity contribution in [1.29, 1.82) is 0 Å². The molecule has 0 spiro atoms. The molecule has 2 N–H and O–H groups in total. The molecular weight excluding hydrogens is 376 g/mol. The second-order valence-corrected chi connectivity index (χ2v) is 6.56. The molecule has 0 aliphatic carbocycles. The van der Waals surface area contributed by atoms with Gasteiger partial charge in [0.25, 0.3) is 11.8 Å². The number of amides is 2. The van der Waals surface area contributed by atoms with E-state index in [0.717, 1.165) is 11.3 Å². The Hall–Kier alpha value is -3.31. The number of nitrogens with one attached hydrogen (secondary N) is 2. The third-order valence-electron chi connectivity index (χ3n) is 4.19. The van der Waals surface area contributed by atoms with E-state index in [9.17, 15) is 9.59 Å². The molecule has 6 heteroatoms. The molecule has 0 aliphatic rings. The Morgan fingerprint density at radius 3 is 2.18 bits per heavy atom. The lowest BCUT2D eigenvalue weighted by molar-refractivity contribution is 0.102. The monoisotopic (exact) mass is 394 g/mol. The fourth-order valence-electron chi connectivity index (χ4n) is 2.66. The van der Waals surface area contributed by atoms with Crippen LogP contribution in [0.2, 0.25) is 5.02 Å². The van der Waals surface area contributed by atoms with E-state index < -0.39 is 0 Å². The molecule has 3 rings (SSSR count). The predicted octanol–water partition coefficient (Wildman–Crippen LogP) is 5.16. The molecule has 0 atom stereocenters. The summed E-state index contributed by atoms with van der Waals surface area (Å²) in [7, 11) is 1.52. The summed E-state index contributed by atoms with van der Waals surface area (Å²) < 4.78 is 5.10. The van der Waals surface area contributed by atoms with Crippen molar-refractivity contribution in [2.45, 2.75) is 6.92 Å². The highest BCUT2D eigenvalue weighted by Gasteiger charge is 2.12. The summed E-state index contributed by atoms with van der Waals surface area (Å²) in [6.45, 7) is 1.92. The minimum atomic E-state index is -0.341. The SMILES string of the molecule is COc1ccc(NC(=O)c2cccc(C(=O)Nc3ccccc3C)c2)cc1Cl. The summed E-state index contributed by atoms with van der Waals surface area (Å²) in [6, 6.07) is 19.0. The standard InChI is InChI=1S/C22H19ClN2O3/c1-14-6-3-4-9-19(14)25-22(27)16-8-5-7-15(12-16)21(26)24-17-10-11-20(28-2)18(23)13-17/h3-13H,1-2H3,(H,24,26)(H,25,27). The van der Waals surface area contributed by atoms with E-state index in [2.05, 4.69) is 10.6 Å². The number of ether oxygens (including phenoxy) is 1. The first-order valence-corrected chi connectivity index (χ1v) is 8.97. The number of hydrogen-bond donors (Lipinski definition) is 2. The first-order valence-electron chi connectivity index (χ1n) is 8.60. The zero-order chi connectivity index (χ0) is 20.1. The fourth-order valence-corrected chi connectivity index (χ4v) is 2.91. The quantitative estimate of drug-likeness (QED) is 0.628. The van der Waals surface area contributed by atoms with Crippen LogP contribution in [0.1, 0.15) is 26.3 Å². The smallest absolute Gasteiger partial charge is 0.255 e. The molecule has 0 aromatic heterocycles. The van der Waals surface area contributed by atoms with Crippen LogP contribution in [0.25, 0.3) is 0 Å². The Bertz CT molecular complexity index is 1030. The minimum absolute atomic E-state index is 0.281. The molecule has 28 heavy (non-hydrogen) atoms. The largest absolute Gasteiger partial charge is 0.495 e. The number of aryl methyl sites for hydroxylation is 1. The van der Waals surface area contributed by atoms with Crippen LogP contribution in [0.3, 0.4) is 0 Å². The molecular formula is C22H19ClN2O3. The van der Waals surface area contributed by atoms with Crippen LogP contribution in [0.5, 0.6) is 5.75 Å². The molecule has 0 bridgehead atoms. The number of hydrogen-bond acceptors (Lipinski definition) is 3. The molecule has 2 amide bonds. The van der Waals surface area contributed by atoms with E-state index in [0.29, 0.717) is 27.6 Å². The van der Waals surface area contributed by atoms with Gasteiger partial charge >= 0.3 is 0 Å². The zero-order valence-corrected chi connectivity index (χ0v) is 16.2. The molecule has 0 fully saturated rings. The summed E-state index contributed by atoms with van der Waals surface area (Å²) >= 11 is 6.09. The first-order chi connectivity index (χ1) is 13.5. The van der Waals surface area contributed by atoms with Crippen LogP contribution in [0.15, 0.2) is 66.7 Å². The van der Waals surface area contributed by atoms with Crippen molar-refractivity contribution in [3.63, 3.8) is 0 Å². The van der Waals surface area contributed by atoms with E-state index in [4.69, 9.17) is 16.3 Å². The van der Waals surface area contributed by atoms with Crippen molar-refractivity contribution in [3.8, 4) is 5.75 Å². The van der Waals surface area contributed by atoms with Gasteiger partial charge in [0.15, 0.2) is 0 Å². The van der Waals surface area contributed by atoms with Gasteiger partial charge in [0.2, 0.25) is 0 Å². The van der Waals surface area contributed by atoms with E-state index in [-0.39, 0.29) is 11.8 Å². The Morgan fingerprint density at radius 1 is 0.857 bits per heavy atom. The highest BCUT2D eigenvalue weighted by atomic mass is 35.5. The van der Waals surface area contributed by atoms with Crippen LogP contribution in [-0.2, 0) is 0 Å². The molecule has 0 saturated heterocycles. The summed E-state index contributed by atoms with van der Waals surface area (Å²) in [5.74, 6) is -0.0993. The summed E-state index contributed by atoms with van der Waals surface area (Å²) in [5.41, 5.74) is 2.98. The van der Waals surface area contributed by atoms with Crippen LogP contribution in [0.4, 0.5) is 11.4 Å². The number of rotatable bonds is 5. The lowest BCUT2D eigenvalue weighted by Crippen LogP contribution is -2.16. The van der Waals surface area contributed by atoms with Gasteiger partial charge in [0.1, 0.15) is 5.75 Å². The van der Waals surface area contributed by atoms with Crippen molar-refractivity contribution < 1.29 is 14.3 Å². The van der Waals surface area contributed by atoms with Gasteiger partial charge in [-0.2, -0.15) is 0 Å². The number of para-hydroxylation sites is 1. The average Bonchev–Trinajstić information content (AvgIpc) is 2.70. The lowest BCUT2D eigenvalue weighted by Gasteiger charge is -2.10.